The highest BCUT2D eigenvalue weighted by molar-refractivity contribution is 6.02. The lowest BCUT2D eigenvalue weighted by Crippen LogP contribution is -2.13. The standard InChI is InChI=1S/C18H14N2O2/c21-18(20-14-7-3-1-4-8-14)17-12-11-16(13-19-17)22-15-9-5-2-6-10-15/h1-13H,(H,20,21). The molecule has 0 saturated heterocycles. The van der Waals surface area contributed by atoms with Crippen molar-refractivity contribution in [3.05, 3.63) is 84.7 Å². The summed E-state index contributed by atoms with van der Waals surface area (Å²) >= 11 is 0. The fraction of sp³-hybridized carbons (Fsp3) is 0. The van der Waals surface area contributed by atoms with E-state index in [1.807, 2.05) is 60.7 Å². The van der Waals surface area contributed by atoms with Gasteiger partial charge in [0, 0.05) is 5.69 Å². The van der Waals surface area contributed by atoms with Crippen molar-refractivity contribution in [1.82, 2.24) is 4.98 Å². The number of benzene rings is 2. The molecule has 0 fully saturated rings. The van der Waals surface area contributed by atoms with Crippen LogP contribution in [0.25, 0.3) is 0 Å². The summed E-state index contributed by atoms with van der Waals surface area (Å²) in [5.41, 5.74) is 1.07. The van der Waals surface area contributed by atoms with E-state index in [-0.39, 0.29) is 5.91 Å². The summed E-state index contributed by atoms with van der Waals surface area (Å²) in [4.78, 5) is 16.2. The van der Waals surface area contributed by atoms with Gasteiger partial charge in [0.25, 0.3) is 5.91 Å². The smallest absolute Gasteiger partial charge is 0.274 e. The molecule has 1 aromatic heterocycles. The average Bonchev–Trinajstić information content (AvgIpc) is 2.57. The van der Waals surface area contributed by atoms with Gasteiger partial charge >= 0.3 is 0 Å². The van der Waals surface area contributed by atoms with Crippen LogP contribution in [0.5, 0.6) is 11.5 Å². The second-order valence-electron chi connectivity index (χ2n) is 4.61. The van der Waals surface area contributed by atoms with Crippen LogP contribution in [0.15, 0.2) is 79.0 Å². The van der Waals surface area contributed by atoms with Gasteiger partial charge in [0.05, 0.1) is 6.20 Å². The molecule has 0 aliphatic rings. The number of carbonyl (C=O) groups excluding carboxylic acids is 1. The molecule has 0 atom stereocenters. The van der Waals surface area contributed by atoms with Crippen molar-refractivity contribution in [3.8, 4) is 11.5 Å². The van der Waals surface area contributed by atoms with Crippen molar-refractivity contribution in [2.45, 2.75) is 0 Å². The summed E-state index contributed by atoms with van der Waals surface area (Å²) in [5, 5.41) is 2.79. The first-order chi connectivity index (χ1) is 10.8. The number of hydrogen-bond acceptors (Lipinski definition) is 3. The number of anilines is 1. The number of pyridine rings is 1. The molecule has 0 saturated carbocycles. The molecule has 22 heavy (non-hydrogen) atoms. The lowest BCUT2D eigenvalue weighted by atomic mass is 10.3. The zero-order valence-corrected chi connectivity index (χ0v) is 11.8. The van der Waals surface area contributed by atoms with Crippen molar-refractivity contribution in [1.29, 1.82) is 0 Å². The summed E-state index contributed by atoms with van der Waals surface area (Å²) in [6.07, 6.45) is 1.53. The van der Waals surface area contributed by atoms with E-state index in [2.05, 4.69) is 10.3 Å². The van der Waals surface area contributed by atoms with Crippen molar-refractivity contribution in [3.63, 3.8) is 0 Å². The van der Waals surface area contributed by atoms with Crippen molar-refractivity contribution in [2.75, 3.05) is 5.32 Å². The van der Waals surface area contributed by atoms with Crippen molar-refractivity contribution >= 4 is 11.6 Å². The number of nitrogens with zero attached hydrogens (tertiary/aromatic N) is 1. The Morgan fingerprint density at radius 3 is 2.14 bits per heavy atom. The van der Waals surface area contributed by atoms with Gasteiger partial charge in [-0.05, 0) is 36.4 Å². The van der Waals surface area contributed by atoms with E-state index in [1.165, 1.54) is 6.20 Å². The van der Waals surface area contributed by atoms with Crippen molar-refractivity contribution < 1.29 is 9.53 Å². The van der Waals surface area contributed by atoms with Crippen LogP contribution in [-0.4, -0.2) is 10.9 Å². The van der Waals surface area contributed by atoms with Crippen LogP contribution >= 0.6 is 0 Å². The first-order valence-electron chi connectivity index (χ1n) is 6.86. The molecule has 3 aromatic rings. The van der Waals surface area contributed by atoms with Gasteiger partial charge in [-0.2, -0.15) is 0 Å². The maximum absolute atomic E-state index is 12.1. The molecule has 0 radical (unpaired) electrons. The van der Waals surface area contributed by atoms with Crippen LogP contribution in [0.1, 0.15) is 10.5 Å². The highest BCUT2D eigenvalue weighted by Gasteiger charge is 2.08. The molecule has 4 nitrogen and oxygen atoms in total. The minimum absolute atomic E-state index is 0.252. The van der Waals surface area contributed by atoms with E-state index < -0.39 is 0 Å². The Balaban J connectivity index is 1.67. The number of aromatic nitrogens is 1. The summed E-state index contributed by atoms with van der Waals surface area (Å²) in [6, 6.07) is 22.0. The lowest BCUT2D eigenvalue weighted by molar-refractivity contribution is 0.102. The maximum atomic E-state index is 12.1. The average molecular weight is 290 g/mol. The molecule has 0 bridgehead atoms. The quantitative estimate of drug-likeness (QED) is 0.786. The predicted molar refractivity (Wildman–Crippen MR) is 85.1 cm³/mol. The molecular weight excluding hydrogens is 276 g/mol. The number of nitrogens with one attached hydrogen (secondary N) is 1. The Morgan fingerprint density at radius 1 is 0.818 bits per heavy atom. The number of ether oxygens (including phenoxy) is 1. The largest absolute Gasteiger partial charge is 0.456 e. The highest BCUT2D eigenvalue weighted by Crippen LogP contribution is 2.20. The molecular formula is C18H14N2O2. The first kappa shape index (κ1) is 13.8. The normalized spacial score (nSPS) is 10.0. The number of carbonyl (C=O) groups is 1. The van der Waals surface area contributed by atoms with Gasteiger partial charge in [-0.3, -0.25) is 4.79 Å². The number of para-hydroxylation sites is 2. The summed E-state index contributed by atoms with van der Waals surface area (Å²) in [7, 11) is 0. The van der Waals surface area contributed by atoms with Gasteiger partial charge in [0.1, 0.15) is 17.2 Å². The molecule has 1 N–H and O–H groups in total. The number of rotatable bonds is 4. The minimum Gasteiger partial charge on any atom is -0.456 e. The third-order valence-electron chi connectivity index (χ3n) is 2.98. The molecule has 4 heteroatoms. The van der Waals surface area contributed by atoms with E-state index in [0.717, 1.165) is 11.4 Å². The third kappa shape index (κ3) is 3.49. The zero-order valence-electron chi connectivity index (χ0n) is 11.8. The van der Waals surface area contributed by atoms with E-state index in [1.54, 1.807) is 12.1 Å². The Morgan fingerprint density at radius 2 is 1.50 bits per heavy atom. The van der Waals surface area contributed by atoms with Crippen LogP contribution in [-0.2, 0) is 0 Å². The monoisotopic (exact) mass is 290 g/mol. The third-order valence-corrected chi connectivity index (χ3v) is 2.98. The van der Waals surface area contributed by atoms with Crippen LogP contribution in [0.4, 0.5) is 5.69 Å². The Hall–Kier alpha value is -3.14. The minimum atomic E-state index is -0.252. The summed E-state index contributed by atoms with van der Waals surface area (Å²) in [6.45, 7) is 0. The van der Waals surface area contributed by atoms with Gasteiger partial charge in [-0.1, -0.05) is 36.4 Å². The van der Waals surface area contributed by atoms with Crippen LogP contribution in [0, 0.1) is 0 Å². The molecule has 2 aromatic carbocycles. The fourth-order valence-corrected chi connectivity index (χ4v) is 1.92. The Bertz CT molecular complexity index is 741. The predicted octanol–water partition coefficient (Wildman–Crippen LogP) is 4.13. The lowest BCUT2D eigenvalue weighted by Gasteiger charge is -2.07. The first-order valence-corrected chi connectivity index (χ1v) is 6.86. The van der Waals surface area contributed by atoms with Crippen LogP contribution in [0.3, 0.4) is 0 Å². The number of amides is 1. The molecule has 0 aliphatic heterocycles. The van der Waals surface area contributed by atoms with Gasteiger partial charge < -0.3 is 10.1 Å². The van der Waals surface area contributed by atoms with E-state index >= 15 is 0 Å². The Labute approximate surface area is 128 Å². The van der Waals surface area contributed by atoms with Gasteiger partial charge in [0.15, 0.2) is 0 Å². The van der Waals surface area contributed by atoms with E-state index in [4.69, 9.17) is 4.74 Å². The second-order valence-corrected chi connectivity index (χ2v) is 4.61. The van der Waals surface area contributed by atoms with Crippen LogP contribution in [0.2, 0.25) is 0 Å². The molecule has 0 unspecified atom stereocenters. The number of hydrogen-bond donors (Lipinski definition) is 1. The van der Waals surface area contributed by atoms with Crippen molar-refractivity contribution in [2.24, 2.45) is 0 Å². The summed E-state index contributed by atoms with van der Waals surface area (Å²) < 4.78 is 5.64. The molecule has 1 amide bonds. The van der Waals surface area contributed by atoms with Gasteiger partial charge in [-0.15, -0.1) is 0 Å². The summed E-state index contributed by atoms with van der Waals surface area (Å²) in [5.74, 6) is 1.06. The van der Waals surface area contributed by atoms with E-state index in [9.17, 15) is 4.79 Å². The fourth-order valence-electron chi connectivity index (χ4n) is 1.92. The van der Waals surface area contributed by atoms with Crippen LogP contribution < -0.4 is 10.1 Å². The highest BCUT2D eigenvalue weighted by atomic mass is 16.5. The zero-order chi connectivity index (χ0) is 15.2. The molecule has 1 heterocycles. The SMILES string of the molecule is O=C(Nc1ccccc1)c1ccc(Oc2ccccc2)cn1. The second kappa shape index (κ2) is 6.54. The molecule has 3 rings (SSSR count). The van der Waals surface area contributed by atoms with Gasteiger partial charge in [-0.25, -0.2) is 4.98 Å². The Kier molecular flexibility index (Phi) is 4.11. The van der Waals surface area contributed by atoms with Gasteiger partial charge in [0.2, 0.25) is 0 Å². The topological polar surface area (TPSA) is 51.2 Å². The maximum Gasteiger partial charge on any atom is 0.274 e. The molecule has 0 aliphatic carbocycles. The molecule has 0 spiro atoms. The molecule has 108 valence electrons. The van der Waals surface area contributed by atoms with E-state index in [0.29, 0.717) is 11.4 Å².